The van der Waals surface area contributed by atoms with Crippen LogP contribution in [0.3, 0.4) is 0 Å². The average molecular weight is 383 g/mol. The number of thioether (sulfide) groups is 1. The van der Waals surface area contributed by atoms with Gasteiger partial charge < -0.3 is 10.2 Å². The molecule has 1 heterocycles. The number of piperidine rings is 1. The second-order valence-electron chi connectivity index (χ2n) is 7.51. The lowest BCUT2D eigenvalue weighted by Crippen LogP contribution is -2.49. The van der Waals surface area contributed by atoms with Crippen LogP contribution < -0.4 is 5.32 Å². The highest BCUT2D eigenvalue weighted by Crippen LogP contribution is 2.21. The molecule has 1 aromatic rings. The van der Waals surface area contributed by atoms with Gasteiger partial charge in [0.15, 0.2) is 0 Å². The van der Waals surface area contributed by atoms with Crippen molar-refractivity contribution >= 4 is 35.2 Å². The minimum Gasteiger partial charge on any atom is -0.353 e. The van der Waals surface area contributed by atoms with E-state index in [0.717, 1.165) is 42.3 Å². The number of halogens is 1. The largest absolute Gasteiger partial charge is 0.353 e. The van der Waals surface area contributed by atoms with Crippen LogP contribution in [-0.2, 0) is 15.3 Å². The summed E-state index contributed by atoms with van der Waals surface area (Å²) >= 11 is 7.55. The van der Waals surface area contributed by atoms with Gasteiger partial charge in [-0.15, -0.1) is 11.8 Å². The highest BCUT2D eigenvalue weighted by molar-refractivity contribution is 7.99. The Kier molecular flexibility index (Phi) is 7.20. The third kappa shape index (κ3) is 6.55. The van der Waals surface area contributed by atoms with Crippen LogP contribution >= 0.6 is 23.4 Å². The fourth-order valence-corrected chi connectivity index (χ4v) is 3.86. The number of likely N-dealkylation sites (tertiary alicyclic amines) is 1. The van der Waals surface area contributed by atoms with Gasteiger partial charge in [-0.25, -0.2) is 0 Å². The number of carbonyl (C=O) groups excluding carboxylic acids is 2. The Morgan fingerprint density at radius 2 is 1.96 bits per heavy atom. The van der Waals surface area contributed by atoms with Crippen molar-refractivity contribution in [3.05, 3.63) is 34.9 Å². The highest BCUT2D eigenvalue weighted by Gasteiger charge is 2.30. The summed E-state index contributed by atoms with van der Waals surface area (Å²) in [6.45, 7) is 7.27. The fourth-order valence-electron chi connectivity index (χ4n) is 2.86. The van der Waals surface area contributed by atoms with Crippen LogP contribution in [0.5, 0.6) is 0 Å². The zero-order valence-electron chi connectivity index (χ0n) is 15.2. The van der Waals surface area contributed by atoms with E-state index in [-0.39, 0.29) is 23.3 Å². The summed E-state index contributed by atoms with van der Waals surface area (Å²) in [5.74, 6) is 1.46. The van der Waals surface area contributed by atoms with Gasteiger partial charge in [0.05, 0.1) is 5.75 Å². The van der Waals surface area contributed by atoms with E-state index in [1.807, 2.05) is 49.9 Å². The lowest BCUT2D eigenvalue weighted by molar-refractivity contribution is -0.140. The van der Waals surface area contributed by atoms with E-state index in [1.54, 1.807) is 11.8 Å². The van der Waals surface area contributed by atoms with Crippen LogP contribution in [0.1, 0.15) is 39.2 Å². The van der Waals surface area contributed by atoms with E-state index in [2.05, 4.69) is 5.32 Å². The lowest BCUT2D eigenvalue weighted by Gasteiger charge is -2.36. The fraction of sp³-hybridized carbons (Fsp3) is 0.579. The maximum absolute atomic E-state index is 12.3. The first kappa shape index (κ1) is 20.1. The van der Waals surface area contributed by atoms with Crippen molar-refractivity contribution in [2.75, 3.05) is 18.8 Å². The van der Waals surface area contributed by atoms with Gasteiger partial charge in [0.25, 0.3) is 0 Å². The molecule has 0 spiro atoms. The third-order valence-corrected chi connectivity index (χ3v) is 5.42. The first-order chi connectivity index (χ1) is 11.8. The van der Waals surface area contributed by atoms with Gasteiger partial charge in [-0.05, 0) is 30.5 Å². The molecule has 1 aliphatic heterocycles. The van der Waals surface area contributed by atoms with Crippen molar-refractivity contribution < 1.29 is 9.59 Å². The minimum absolute atomic E-state index is 0.0626. The summed E-state index contributed by atoms with van der Waals surface area (Å²) in [5.41, 5.74) is 0.784. The molecular weight excluding hydrogens is 356 g/mol. The van der Waals surface area contributed by atoms with Gasteiger partial charge in [0, 0.05) is 35.3 Å². The second-order valence-corrected chi connectivity index (χ2v) is 8.93. The van der Waals surface area contributed by atoms with Crippen LogP contribution in [0.4, 0.5) is 0 Å². The molecule has 138 valence electrons. The van der Waals surface area contributed by atoms with Crippen molar-refractivity contribution in [2.45, 2.75) is 45.4 Å². The second kappa shape index (κ2) is 8.95. The number of rotatable bonds is 5. The third-order valence-electron chi connectivity index (χ3n) is 4.18. The van der Waals surface area contributed by atoms with E-state index in [9.17, 15) is 9.59 Å². The first-order valence-electron chi connectivity index (χ1n) is 8.66. The summed E-state index contributed by atoms with van der Waals surface area (Å²) < 4.78 is 0. The number of benzene rings is 1. The highest BCUT2D eigenvalue weighted by atomic mass is 35.5. The van der Waals surface area contributed by atoms with E-state index in [0.29, 0.717) is 5.75 Å². The Hall–Kier alpha value is -1.20. The van der Waals surface area contributed by atoms with E-state index in [4.69, 9.17) is 11.6 Å². The zero-order valence-corrected chi connectivity index (χ0v) is 16.8. The van der Waals surface area contributed by atoms with Crippen LogP contribution in [-0.4, -0.2) is 41.6 Å². The van der Waals surface area contributed by atoms with Crippen LogP contribution in [0.15, 0.2) is 24.3 Å². The molecule has 0 saturated carbocycles. The number of carbonyl (C=O) groups is 2. The standard InChI is InChI=1S/C19H27ClN2O2S/c1-19(2,3)18(24)22-9-7-16(8-10-22)21-17(23)13-25-12-14-5-4-6-15(20)11-14/h4-6,11,16H,7-10,12-13H2,1-3H3,(H,21,23). The lowest BCUT2D eigenvalue weighted by atomic mass is 9.93. The average Bonchev–Trinajstić information content (AvgIpc) is 2.54. The zero-order chi connectivity index (χ0) is 18.4. The quantitative estimate of drug-likeness (QED) is 0.844. The number of amides is 2. The van der Waals surface area contributed by atoms with Crippen molar-refractivity contribution in [1.29, 1.82) is 0 Å². The molecule has 25 heavy (non-hydrogen) atoms. The molecule has 2 rings (SSSR count). The van der Waals surface area contributed by atoms with Crippen molar-refractivity contribution in [2.24, 2.45) is 5.41 Å². The number of nitrogens with zero attached hydrogens (tertiary/aromatic N) is 1. The molecule has 1 aromatic carbocycles. The van der Waals surface area contributed by atoms with E-state index >= 15 is 0 Å². The number of nitrogens with one attached hydrogen (secondary N) is 1. The SMILES string of the molecule is CC(C)(C)C(=O)N1CCC(NC(=O)CSCc2cccc(Cl)c2)CC1. The predicted molar refractivity (Wildman–Crippen MR) is 105 cm³/mol. The first-order valence-corrected chi connectivity index (χ1v) is 10.2. The van der Waals surface area contributed by atoms with Crippen molar-refractivity contribution in [3.8, 4) is 0 Å². The molecule has 0 atom stereocenters. The topological polar surface area (TPSA) is 49.4 Å². The minimum atomic E-state index is -0.340. The smallest absolute Gasteiger partial charge is 0.230 e. The molecule has 6 heteroatoms. The Balaban J connectivity index is 1.67. The maximum atomic E-state index is 12.3. The molecule has 1 saturated heterocycles. The van der Waals surface area contributed by atoms with Crippen LogP contribution in [0, 0.1) is 5.41 Å². The van der Waals surface area contributed by atoms with Gasteiger partial charge in [-0.2, -0.15) is 0 Å². The van der Waals surface area contributed by atoms with Gasteiger partial charge in [-0.1, -0.05) is 44.5 Å². The van der Waals surface area contributed by atoms with Crippen molar-refractivity contribution in [3.63, 3.8) is 0 Å². The molecule has 4 nitrogen and oxygen atoms in total. The van der Waals surface area contributed by atoms with E-state index < -0.39 is 0 Å². The van der Waals surface area contributed by atoms with Gasteiger partial charge >= 0.3 is 0 Å². The van der Waals surface area contributed by atoms with Gasteiger partial charge in [0.1, 0.15) is 0 Å². The predicted octanol–water partition coefficient (Wildman–Crippen LogP) is 3.73. The summed E-state index contributed by atoms with van der Waals surface area (Å²) in [7, 11) is 0. The molecule has 0 aromatic heterocycles. The molecule has 0 bridgehead atoms. The number of hydrogen-bond donors (Lipinski definition) is 1. The summed E-state index contributed by atoms with van der Waals surface area (Å²) in [6.07, 6.45) is 1.65. The molecule has 1 fully saturated rings. The van der Waals surface area contributed by atoms with Crippen LogP contribution in [0.2, 0.25) is 5.02 Å². The van der Waals surface area contributed by atoms with Gasteiger partial charge in [0.2, 0.25) is 11.8 Å². The van der Waals surface area contributed by atoms with Crippen molar-refractivity contribution in [1.82, 2.24) is 10.2 Å². The van der Waals surface area contributed by atoms with Crippen LogP contribution in [0.25, 0.3) is 0 Å². The Labute approximate surface area is 159 Å². The molecule has 0 unspecified atom stereocenters. The summed E-state index contributed by atoms with van der Waals surface area (Å²) in [5, 5.41) is 3.81. The summed E-state index contributed by atoms with van der Waals surface area (Å²) in [6, 6.07) is 7.88. The normalized spacial score (nSPS) is 15.9. The molecular formula is C19H27ClN2O2S. The Bertz CT molecular complexity index is 608. The molecule has 2 amide bonds. The Morgan fingerprint density at radius 1 is 1.28 bits per heavy atom. The Morgan fingerprint density at radius 3 is 2.56 bits per heavy atom. The maximum Gasteiger partial charge on any atom is 0.230 e. The van der Waals surface area contributed by atoms with E-state index in [1.165, 1.54) is 0 Å². The molecule has 1 aliphatic rings. The molecule has 0 radical (unpaired) electrons. The summed E-state index contributed by atoms with van der Waals surface area (Å²) in [4.78, 5) is 26.3. The number of hydrogen-bond acceptors (Lipinski definition) is 3. The molecule has 1 N–H and O–H groups in total. The molecule has 0 aliphatic carbocycles. The monoisotopic (exact) mass is 382 g/mol. The van der Waals surface area contributed by atoms with Gasteiger partial charge in [-0.3, -0.25) is 9.59 Å².